The van der Waals surface area contributed by atoms with Crippen LogP contribution < -0.4 is 15.4 Å². The molecule has 6 nitrogen and oxygen atoms in total. The van der Waals surface area contributed by atoms with Gasteiger partial charge in [-0.25, -0.2) is 0 Å². The van der Waals surface area contributed by atoms with Gasteiger partial charge in [-0.1, -0.05) is 30.3 Å². The normalized spacial score (nSPS) is 30.7. The Bertz CT molecular complexity index is 1020. The van der Waals surface area contributed by atoms with E-state index >= 15 is 0 Å². The molecule has 0 spiro atoms. The number of rotatable bonds is 4. The number of amides is 2. The van der Waals surface area contributed by atoms with Crippen LogP contribution >= 0.6 is 0 Å². The lowest BCUT2D eigenvalue weighted by atomic mass is 9.53. The van der Waals surface area contributed by atoms with Gasteiger partial charge in [0.05, 0.1) is 32.6 Å². The number of hydrogen-bond donors (Lipinski definition) is 2. The lowest BCUT2D eigenvalue weighted by molar-refractivity contribution is 0.0929. The second kappa shape index (κ2) is 6.91. The van der Waals surface area contributed by atoms with Crippen LogP contribution in [0.3, 0.4) is 0 Å². The highest BCUT2D eigenvalue weighted by Crippen LogP contribution is 2.47. The van der Waals surface area contributed by atoms with Gasteiger partial charge in [0.25, 0.3) is 11.8 Å². The second-order valence-electron chi connectivity index (χ2n) is 8.12. The Kier molecular flexibility index (Phi) is 4.43. The van der Waals surface area contributed by atoms with Crippen molar-refractivity contribution in [2.24, 2.45) is 11.8 Å². The van der Waals surface area contributed by atoms with Crippen molar-refractivity contribution in [2.75, 3.05) is 20.3 Å². The molecular weight excluding hydrogens is 378 g/mol. The van der Waals surface area contributed by atoms with E-state index in [0.29, 0.717) is 41.9 Å². The van der Waals surface area contributed by atoms with Gasteiger partial charge >= 0.3 is 0 Å². The van der Waals surface area contributed by atoms with Crippen molar-refractivity contribution in [2.45, 2.75) is 17.4 Å². The van der Waals surface area contributed by atoms with Gasteiger partial charge in [0.15, 0.2) is 0 Å². The van der Waals surface area contributed by atoms with Crippen molar-refractivity contribution in [3.63, 3.8) is 0 Å². The highest BCUT2D eigenvalue weighted by atomic mass is 16.5. The second-order valence-corrected chi connectivity index (χ2v) is 8.12. The molecule has 8 heteroatoms. The van der Waals surface area contributed by atoms with E-state index in [2.05, 4.69) is 10.6 Å². The summed E-state index contributed by atoms with van der Waals surface area (Å²) in [5.41, 5.74) is 1.84. The molecule has 5 atom stereocenters. The van der Waals surface area contributed by atoms with Crippen molar-refractivity contribution in [1.82, 2.24) is 10.6 Å². The van der Waals surface area contributed by atoms with Crippen molar-refractivity contribution in [3.8, 4) is 5.75 Å². The topological polar surface area (TPSA) is 76.7 Å². The van der Waals surface area contributed by atoms with Crippen LogP contribution in [0.2, 0.25) is 0 Å². The molecule has 2 unspecified atom stereocenters. The van der Waals surface area contributed by atoms with Crippen molar-refractivity contribution in [3.05, 3.63) is 64.7 Å². The minimum atomic E-state index is -1.19. The Balaban J connectivity index is 1.57. The smallest absolute Gasteiger partial charge is 0.254 e. The predicted octanol–water partition coefficient (Wildman–Crippen LogP) is 0.720. The summed E-state index contributed by atoms with van der Waals surface area (Å²) in [6, 6.07) is 11.7. The summed E-state index contributed by atoms with van der Waals surface area (Å²) in [7, 11) is 14.6. The first-order valence-electron chi connectivity index (χ1n) is 10.0. The summed E-state index contributed by atoms with van der Waals surface area (Å²) >= 11 is 0. The number of nitrogens with one attached hydrogen (secondary N) is 2. The lowest BCUT2D eigenvalue weighted by Crippen LogP contribution is -2.40. The minimum Gasteiger partial charge on any atom is -0.499 e. The van der Waals surface area contributed by atoms with Crippen molar-refractivity contribution < 1.29 is 19.1 Å². The Morgan fingerprint density at radius 1 is 1.10 bits per heavy atom. The number of benzene rings is 2. The molecule has 0 bridgehead atoms. The van der Waals surface area contributed by atoms with Crippen LogP contribution in [-0.4, -0.2) is 59.8 Å². The average Bonchev–Trinajstić information content (AvgIpc) is 3.09. The van der Waals surface area contributed by atoms with E-state index in [9.17, 15) is 9.59 Å². The van der Waals surface area contributed by atoms with Gasteiger partial charge in [-0.2, -0.15) is 0 Å². The van der Waals surface area contributed by atoms with E-state index in [0.717, 1.165) is 5.56 Å². The van der Waals surface area contributed by atoms with Gasteiger partial charge in [0, 0.05) is 41.4 Å². The maximum atomic E-state index is 13.0. The number of ether oxygens (including phenoxy) is 2. The Morgan fingerprint density at radius 3 is 2.47 bits per heavy atom. The molecule has 5 rings (SSSR count). The molecular formula is C22H20B2N2O4. The first kappa shape index (κ1) is 19.2. The predicted molar refractivity (Wildman–Crippen MR) is 112 cm³/mol. The molecule has 2 aliphatic heterocycles. The molecule has 2 amide bonds. The molecule has 1 aliphatic carbocycles. The van der Waals surface area contributed by atoms with E-state index in [1.54, 1.807) is 6.07 Å². The van der Waals surface area contributed by atoms with Crippen LogP contribution in [0.4, 0.5) is 0 Å². The average molecular weight is 398 g/mol. The highest BCUT2D eigenvalue weighted by molar-refractivity contribution is 6.27. The fourth-order valence-electron chi connectivity index (χ4n) is 4.59. The third-order valence-electron chi connectivity index (χ3n) is 6.46. The van der Waals surface area contributed by atoms with E-state index in [4.69, 9.17) is 25.2 Å². The summed E-state index contributed by atoms with van der Waals surface area (Å²) in [6.45, 7) is 1.35. The molecule has 2 heterocycles. The third-order valence-corrected chi connectivity index (χ3v) is 6.46. The first-order valence-corrected chi connectivity index (χ1v) is 10.0. The van der Waals surface area contributed by atoms with Gasteiger partial charge < -0.3 is 20.1 Å². The van der Waals surface area contributed by atoms with Crippen molar-refractivity contribution in [1.29, 1.82) is 0 Å². The molecule has 4 radical (unpaired) electrons. The molecule has 30 heavy (non-hydrogen) atoms. The van der Waals surface area contributed by atoms with Crippen LogP contribution in [-0.2, 0) is 10.1 Å². The maximum absolute atomic E-state index is 13.0. The zero-order valence-electron chi connectivity index (χ0n) is 16.6. The van der Waals surface area contributed by atoms with Crippen LogP contribution in [0.15, 0.2) is 42.5 Å². The minimum absolute atomic E-state index is 0.109. The Morgan fingerprint density at radius 2 is 1.80 bits per heavy atom. The first-order chi connectivity index (χ1) is 14.4. The SMILES string of the molecule is [B]C1Oc2c(C(=O)NC)cc(C(=O)NC3[C@H]4COC[C@@H]34)cc2[C@@]1([B])c1ccccc1. The van der Waals surface area contributed by atoms with E-state index in [1.807, 2.05) is 30.3 Å². The molecule has 0 aromatic heterocycles. The Hall–Kier alpha value is -2.73. The molecule has 3 aliphatic rings. The molecule has 148 valence electrons. The van der Waals surface area contributed by atoms with Gasteiger partial charge in [-0.05, 0) is 17.7 Å². The molecule has 2 N–H and O–H groups in total. The van der Waals surface area contributed by atoms with Crippen LogP contribution in [0, 0.1) is 11.8 Å². The summed E-state index contributed by atoms with van der Waals surface area (Å²) < 4.78 is 11.3. The number of carbonyl (C=O) groups excluding carboxylic acids is 2. The summed E-state index contributed by atoms with van der Waals surface area (Å²) in [6.07, 6.45) is 0. The fraction of sp³-hybridized carbons (Fsp3) is 0.364. The Labute approximate surface area is 177 Å². The molecule has 1 saturated carbocycles. The van der Waals surface area contributed by atoms with Crippen LogP contribution in [0.5, 0.6) is 5.75 Å². The highest BCUT2D eigenvalue weighted by Gasteiger charge is 2.55. The largest absolute Gasteiger partial charge is 0.499 e. The summed E-state index contributed by atoms with van der Waals surface area (Å²) in [5, 5.41) is 4.46. The summed E-state index contributed by atoms with van der Waals surface area (Å²) in [5.74, 6) is 0.426. The number of fused-ring (bicyclic) bond motifs is 2. The lowest BCUT2D eigenvalue weighted by Gasteiger charge is -2.30. The number of hydrogen-bond acceptors (Lipinski definition) is 4. The zero-order chi connectivity index (χ0) is 21.0. The number of carbonyl (C=O) groups is 2. The monoisotopic (exact) mass is 398 g/mol. The molecule has 2 aromatic carbocycles. The van der Waals surface area contributed by atoms with Crippen LogP contribution in [0.25, 0.3) is 0 Å². The van der Waals surface area contributed by atoms with Gasteiger partial charge in [0.1, 0.15) is 13.6 Å². The van der Waals surface area contributed by atoms with Gasteiger partial charge in [-0.3, -0.25) is 9.59 Å². The zero-order valence-corrected chi connectivity index (χ0v) is 16.6. The summed E-state index contributed by atoms with van der Waals surface area (Å²) in [4.78, 5) is 25.6. The molecule has 1 saturated heterocycles. The third kappa shape index (κ3) is 2.77. The van der Waals surface area contributed by atoms with E-state index in [-0.39, 0.29) is 23.4 Å². The maximum Gasteiger partial charge on any atom is 0.254 e. The molecule has 2 aromatic rings. The van der Waals surface area contributed by atoms with E-state index in [1.165, 1.54) is 13.1 Å². The fourth-order valence-corrected chi connectivity index (χ4v) is 4.59. The quantitative estimate of drug-likeness (QED) is 0.745. The van der Waals surface area contributed by atoms with Crippen molar-refractivity contribution >= 4 is 27.5 Å². The van der Waals surface area contributed by atoms with Gasteiger partial charge in [0.2, 0.25) is 0 Å². The van der Waals surface area contributed by atoms with Gasteiger partial charge in [-0.15, -0.1) is 0 Å². The molecule has 2 fully saturated rings. The standard InChI is InChI=1S/C22H20B2N2O4/c1-25-20(28)13-7-11(19(27)26-17-14-9-29-10-15(14)17)8-16-18(13)30-21(23)22(16,24)12-5-3-2-4-6-12/h2-8,14-15,17,21H,9-10H2,1H3,(H,25,28)(H,26,27)/t14-,15+,17?,21?,22-/m0/s1. The van der Waals surface area contributed by atoms with E-state index < -0.39 is 11.3 Å². The van der Waals surface area contributed by atoms with Crippen LogP contribution in [0.1, 0.15) is 31.8 Å².